The number of carbonyl (C=O) groups excluding carboxylic acids is 2. The van der Waals surface area contributed by atoms with Gasteiger partial charge in [0, 0.05) is 13.3 Å². The predicted octanol–water partition coefficient (Wildman–Crippen LogP) is 3.19. The second-order valence-electron chi connectivity index (χ2n) is 4.67. The summed E-state index contributed by atoms with van der Waals surface area (Å²) >= 11 is 0. The van der Waals surface area contributed by atoms with Crippen LogP contribution in [-0.2, 0) is 25.5 Å². The smallest absolute Gasteiger partial charge is 0.316 e. The average molecular weight is 278 g/mol. The van der Waals surface area contributed by atoms with E-state index in [0.717, 1.165) is 12.0 Å². The van der Waals surface area contributed by atoms with Crippen LogP contribution in [-0.4, -0.2) is 18.2 Å². The van der Waals surface area contributed by atoms with Crippen molar-refractivity contribution in [2.45, 2.75) is 52.7 Å². The molecule has 0 saturated carbocycles. The van der Waals surface area contributed by atoms with E-state index in [1.807, 2.05) is 24.3 Å². The first kappa shape index (κ1) is 16.2. The van der Waals surface area contributed by atoms with Gasteiger partial charge in [-0.25, -0.2) is 0 Å². The quantitative estimate of drug-likeness (QED) is 0.592. The summed E-state index contributed by atoms with van der Waals surface area (Å²) in [5, 5.41) is 0. The molecule has 0 saturated heterocycles. The Kier molecular flexibility index (Phi) is 6.22. The fourth-order valence-corrected chi connectivity index (χ4v) is 1.78. The lowest BCUT2D eigenvalue weighted by molar-refractivity contribution is -0.185. The number of hydrogen-bond acceptors (Lipinski definition) is 4. The van der Waals surface area contributed by atoms with E-state index in [1.54, 1.807) is 20.8 Å². The minimum Gasteiger partial charge on any atom is -0.425 e. The maximum atomic E-state index is 12.0. The maximum absolute atomic E-state index is 12.0. The summed E-state index contributed by atoms with van der Waals surface area (Å²) in [5.74, 6) is -1.16. The molecule has 2 unspecified atom stereocenters. The number of aryl methyl sites for hydroxylation is 1. The van der Waals surface area contributed by atoms with Crippen molar-refractivity contribution in [1.29, 1.82) is 0 Å². The molecular formula is C16H22O4. The van der Waals surface area contributed by atoms with Crippen molar-refractivity contribution < 1.29 is 19.1 Å². The summed E-state index contributed by atoms with van der Waals surface area (Å²) in [6.45, 7) is 7.08. The third-order valence-corrected chi connectivity index (χ3v) is 3.08. The fourth-order valence-electron chi connectivity index (χ4n) is 1.78. The van der Waals surface area contributed by atoms with Gasteiger partial charge < -0.3 is 9.47 Å². The zero-order valence-electron chi connectivity index (χ0n) is 12.5. The predicted molar refractivity (Wildman–Crippen MR) is 76.2 cm³/mol. The van der Waals surface area contributed by atoms with Gasteiger partial charge in [0.1, 0.15) is 0 Å². The molecule has 0 aliphatic carbocycles. The molecule has 1 aromatic rings. The second-order valence-corrected chi connectivity index (χ2v) is 4.67. The molecule has 0 radical (unpaired) electrons. The first-order chi connectivity index (χ1) is 9.47. The van der Waals surface area contributed by atoms with E-state index in [2.05, 4.69) is 6.92 Å². The lowest BCUT2D eigenvalue weighted by atomic mass is 9.98. The molecule has 20 heavy (non-hydrogen) atoms. The molecule has 0 aliphatic rings. The summed E-state index contributed by atoms with van der Waals surface area (Å²) in [4.78, 5) is 23.1. The van der Waals surface area contributed by atoms with Crippen LogP contribution in [0.4, 0.5) is 0 Å². The Hall–Kier alpha value is -1.84. The van der Waals surface area contributed by atoms with E-state index in [1.165, 1.54) is 5.56 Å². The van der Waals surface area contributed by atoms with Gasteiger partial charge in [0.15, 0.2) is 0 Å². The highest BCUT2D eigenvalue weighted by atomic mass is 16.7. The van der Waals surface area contributed by atoms with Gasteiger partial charge in [-0.15, -0.1) is 0 Å². The molecule has 1 aromatic carbocycles. The van der Waals surface area contributed by atoms with Crippen molar-refractivity contribution in [3.63, 3.8) is 0 Å². The van der Waals surface area contributed by atoms with Crippen molar-refractivity contribution in [1.82, 2.24) is 0 Å². The van der Waals surface area contributed by atoms with Gasteiger partial charge in [0.2, 0.25) is 6.29 Å². The summed E-state index contributed by atoms with van der Waals surface area (Å²) in [6, 6.07) is 7.84. The molecule has 4 nitrogen and oxygen atoms in total. The zero-order chi connectivity index (χ0) is 15.1. The normalized spacial score (nSPS) is 13.4. The third-order valence-electron chi connectivity index (χ3n) is 3.08. The summed E-state index contributed by atoms with van der Waals surface area (Å²) in [5.41, 5.74) is 2.08. The summed E-state index contributed by atoms with van der Waals surface area (Å²) in [6.07, 6.45) is 0.322. The van der Waals surface area contributed by atoms with Crippen LogP contribution in [0.3, 0.4) is 0 Å². The molecule has 1 rings (SSSR count). The Labute approximate surface area is 120 Å². The lowest BCUT2D eigenvalue weighted by Crippen LogP contribution is -2.24. The van der Waals surface area contributed by atoms with E-state index in [9.17, 15) is 9.59 Å². The van der Waals surface area contributed by atoms with Crippen molar-refractivity contribution in [3.05, 3.63) is 35.4 Å². The molecule has 0 amide bonds. The number of esters is 2. The third kappa shape index (κ3) is 4.68. The average Bonchev–Trinajstić information content (AvgIpc) is 2.46. The van der Waals surface area contributed by atoms with Gasteiger partial charge >= 0.3 is 11.9 Å². The fraction of sp³-hybridized carbons (Fsp3) is 0.500. The molecule has 0 aromatic heterocycles. The van der Waals surface area contributed by atoms with Gasteiger partial charge in [-0.1, -0.05) is 38.1 Å². The number of benzene rings is 1. The maximum Gasteiger partial charge on any atom is 0.316 e. The molecule has 0 N–H and O–H groups in total. The van der Waals surface area contributed by atoms with E-state index < -0.39 is 12.3 Å². The van der Waals surface area contributed by atoms with Crippen LogP contribution in [0.2, 0.25) is 0 Å². The standard InChI is InChI=1S/C16H22O4/c1-5-13-8-7-9-14(10-13)11(3)16(18)20-12(4)19-15(17)6-2/h7-12H,5-6H2,1-4H3. The van der Waals surface area contributed by atoms with Crippen molar-refractivity contribution >= 4 is 11.9 Å². The zero-order valence-corrected chi connectivity index (χ0v) is 12.5. The number of carbonyl (C=O) groups is 2. The van der Waals surface area contributed by atoms with Gasteiger partial charge in [0.05, 0.1) is 5.92 Å². The Morgan fingerprint density at radius 2 is 1.85 bits per heavy atom. The van der Waals surface area contributed by atoms with Crippen LogP contribution in [0.1, 0.15) is 51.2 Å². The molecule has 4 heteroatoms. The van der Waals surface area contributed by atoms with Crippen molar-refractivity contribution in [3.8, 4) is 0 Å². The summed E-state index contributed by atoms with van der Waals surface area (Å²) < 4.78 is 10.0. The highest BCUT2D eigenvalue weighted by Crippen LogP contribution is 2.19. The van der Waals surface area contributed by atoms with E-state index in [-0.39, 0.29) is 18.3 Å². The first-order valence-electron chi connectivity index (χ1n) is 6.96. The largest absolute Gasteiger partial charge is 0.425 e. The van der Waals surface area contributed by atoms with Gasteiger partial charge in [-0.05, 0) is 24.5 Å². The summed E-state index contributed by atoms with van der Waals surface area (Å²) in [7, 11) is 0. The Bertz CT molecular complexity index is 467. The number of hydrogen-bond donors (Lipinski definition) is 0. The molecular weight excluding hydrogens is 256 g/mol. The number of rotatable bonds is 6. The highest BCUT2D eigenvalue weighted by Gasteiger charge is 2.20. The minimum absolute atomic E-state index is 0.260. The van der Waals surface area contributed by atoms with Crippen molar-refractivity contribution in [2.24, 2.45) is 0 Å². The SMILES string of the molecule is CCC(=O)OC(C)OC(=O)C(C)c1cccc(CC)c1. The minimum atomic E-state index is -0.855. The Morgan fingerprint density at radius 3 is 2.45 bits per heavy atom. The van der Waals surface area contributed by atoms with Crippen LogP contribution in [0.25, 0.3) is 0 Å². The Morgan fingerprint density at radius 1 is 1.15 bits per heavy atom. The molecule has 0 heterocycles. The Balaban J connectivity index is 2.64. The molecule has 2 atom stereocenters. The van der Waals surface area contributed by atoms with Gasteiger partial charge in [-0.2, -0.15) is 0 Å². The lowest BCUT2D eigenvalue weighted by Gasteiger charge is -2.17. The molecule has 0 aliphatic heterocycles. The number of ether oxygens (including phenoxy) is 2. The molecule has 0 bridgehead atoms. The monoisotopic (exact) mass is 278 g/mol. The van der Waals surface area contributed by atoms with Crippen LogP contribution in [0, 0.1) is 0 Å². The van der Waals surface area contributed by atoms with E-state index >= 15 is 0 Å². The molecule has 0 fully saturated rings. The topological polar surface area (TPSA) is 52.6 Å². The van der Waals surface area contributed by atoms with Crippen LogP contribution >= 0.6 is 0 Å². The molecule has 110 valence electrons. The van der Waals surface area contributed by atoms with E-state index in [0.29, 0.717) is 0 Å². The van der Waals surface area contributed by atoms with Gasteiger partial charge in [-0.3, -0.25) is 9.59 Å². The van der Waals surface area contributed by atoms with Crippen molar-refractivity contribution in [2.75, 3.05) is 0 Å². The molecule has 0 spiro atoms. The first-order valence-corrected chi connectivity index (χ1v) is 6.96. The van der Waals surface area contributed by atoms with E-state index in [4.69, 9.17) is 9.47 Å². The highest BCUT2D eigenvalue weighted by molar-refractivity contribution is 5.78. The second kappa shape index (κ2) is 7.68. The van der Waals surface area contributed by atoms with Crippen LogP contribution in [0.5, 0.6) is 0 Å². The van der Waals surface area contributed by atoms with Gasteiger partial charge in [0.25, 0.3) is 0 Å². The van der Waals surface area contributed by atoms with Crippen LogP contribution < -0.4 is 0 Å². The van der Waals surface area contributed by atoms with Crippen LogP contribution in [0.15, 0.2) is 24.3 Å².